The summed E-state index contributed by atoms with van der Waals surface area (Å²) in [5.41, 5.74) is 20.2. The Morgan fingerprint density at radius 3 is 2.18 bits per heavy atom. The van der Waals surface area contributed by atoms with Crippen LogP contribution in [-0.4, -0.2) is 102 Å². The number of carbonyl (C=O) groups is 2. The Morgan fingerprint density at radius 1 is 0.772 bits per heavy atom. The number of likely N-dealkylation sites (tertiary alicyclic amines) is 1. The SMILES string of the molecule is C[C@@H]1COCCN1C(=O)c1cnc2c(C3COC4(CN(C(=O)c5cnc6ccc(-c7ccc8oc(N)nc8c7)cn56)C4)O3)cc(-c3ccc4oc(N)nc4c3)cn12. The van der Waals surface area contributed by atoms with Crippen molar-refractivity contribution in [2.45, 2.75) is 24.9 Å². The number of imidazole rings is 2. The highest BCUT2D eigenvalue weighted by atomic mass is 16.8. The van der Waals surface area contributed by atoms with E-state index in [2.05, 4.69) is 15.0 Å². The van der Waals surface area contributed by atoms with Gasteiger partial charge in [0.05, 0.1) is 51.3 Å². The molecule has 11 rings (SSSR count). The first-order chi connectivity index (χ1) is 27.7. The fourth-order valence-electron chi connectivity index (χ4n) is 8.12. The van der Waals surface area contributed by atoms with Gasteiger partial charge in [0.25, 0.3) is 23.8 Å². The number of nitrogens with two attached hydrogens (primary N) is 2. The molecule has 1 unspecified atom stereocenters. The number of carbonyl (C=O) groups excluding carboxylic acids is 2. The number of hydrogen-bond acceptors (Lipinski definition) is 13. The summed E-state index contributed by atoms with van der Waals surface area (Å²) in [5.74, 6) is -1.36. The zero-order valence-electron chi connectivity index (χ0n) is 30.5. The number of fused-ring (bicyclic) bond motifs is 4. The predicted molar refractivity (Wildman–Crippen MR) is 205 cm³/mol. The topological polar surface area (TPSA) is 207 Å². The molecular formula is C40H34N10O7. The molecule has 286 valence electrons. The van der Waals surface area contributed by atoms with Crippen LogP contribution in [0.1, 0.15) is 39.6 Å². The van der Waals surface area contributed by atoms with Crippen LogP contribution in [0.15, 0.2) is 88.2 Å². The fraction of sp³-hybridized carbons (Fsp3) is 0.250. The highest BCUT2D eigenvalue weighted by Crippen LogP contribution is 2.42. The standard InChI is InChI=1S/C40H34N10O7/c1-21-17-53-9-8-48(21)37(52)30-14-44-35-26(10-25(16-50(30)35)23-3-6-32-28(12-23)46-39(42)56-32)33-18-54-40(57-33)19-47(20-40)36(51)29-13-43-34-7-4-24(15-49(29)34)22-2-5-31-27(11-22)45-38(41)55-31/h2-7,10-16,21,33H,8-9,17-20H2,1H3,(H2,41,45)(H2,42,46)/t21-,33?/m1/s1. The summed E-state index contributed by atoms with van der Waals surface area (Å²) in [7, 11) is 0. The average molecular weight is 767 g/mol. The number of nitrogen functional groups attached to an aromatic ring is 2. The number of nitrogens with zero attached hydrogens (tertiary/aromatic N) is 8. The monoisotopic (exact) mass is 766 g/mol. The number of hydrogen-bond donors (Lipinski definition) is 2. The first-order valence-corrected chi connectivity index (χ1v) is 18.5. The van der Waals surface area contributed by atoms with Gasteiger partial charge in [-0.2, -0.15) is 9.97 Å². The lowest BCUT2D eigenvalue weighted by Gasteiger charge is -2.45. The van der Waals surface area contributed by atoms with E-state index in [1.165, 1.54) is 0 Å². The van der Waals surface area contributed by atoms with E-state index in [0.717, 1.165) is 27.8 Å². The van der Waals surface area contributed by atoms with Crippen molar-refractivity contribution in [3.8, 4) is 22.3 Å². The van der Waals surface area contributed by atoms with Gasteiger partial charge >= 0.3 is 0 Å². The van der Waals surface area contributed by atoms with E-state index in [1.54, 1.807) is 21.7 Å². The molecule has 57 heavy (non-hydrogen) atoms. The summed E-state index contributed by atoms with van der Waals surface area (Å²) in [5, 5.41) is 0. The number of pyridine rings is 2. The molecule has 2 aromatic carbocycles. The maximum absolute atomic E-state index is 14.0. The van der Waals surface area contributed by atoms with Crippen LogP contribution in [0.25, 0.3) is 55.7 Å². The summed E-state index contributed by atoms with van der Waals surface area (Å²) in [6.07, 6.45) is 6.42. The molecule has 6 aromatic heterocycles. The lowest BCUT2D eigenvalue weighted by atomic mass is 10.0. The highest BCUT2D eigenvalue weighted by Gasteiger charge is 2.54. The van der Waals surface area contributed by atoms with Crippen molar-refractivity contribution in [3.63, 3.8) is 0 Å². The van der Waals surface area contributed by atoms with E-state index in [0.29, 0.717) is 64.6 Å². The Bertz CT molecular complexity index is 2940. The highest BCUT2D eigenvalue weighted by molar-refractivity contribution is 5.95. The molecule has 0 aliphatic carbocycles. The second-order valence-corrected chi connectivity index (χ2v) is 14.7. The van der Waals surface area contributed by atoms with Gasteiger partial charge in [0.2, 0.25) is 5.79 Å². The van der Waals surface area contributed by atoms with Crippen LogP contribution in [0.5, 0.6) is 0 Å². The van der Waals surface area contributed by atoms with Crippen molar-refractivity contribution in [1.29, 1.82) is 0 Å². The Morgan fingerprint density at radius 2 is 1.44 bits per heavy atom. The molecule has 3 aliphatic heterocycles. The Balaban J connectivity index is 0.881. The second-order valence-electron chi connectivity index (χ2n) is 14.7. The zero-order valence-corrected chi connectivity index (χ0v) is 30.5. The molecule has 3 fully saturated rings. The number of amides is 2. The molecule has 0 radical (unpaired) electrons. The van der Waals surface area contributed by atoms with Crippen molar-refractivity contribution in [2.24, 2.45) is 0 Å². The van der Waals surface area contributed by atoms with Gasteiger partial charge < -0.3 is 44.3 Å². The molecule has 1 spiro atoms. The summed E-state index contributed by atoms with van der Waals surface area (Å²) < 4.78 is 33.1. The minimum Gasteiger partial charge on any atom is -0.424 e. The van der Waals surface area contributed by atoms with Gasteiger partial charge in [0, 0.05) is 24.5 Å². The van der Waals surface area contributed by atoms with Gasteiger partial charge in [0.15, 0.2) is 11.2 Å². The lowest BCUT2D eigenvalue weighted by molar-refractivity contribution is -0.234. The van der Waals surface area contributed by atoms with Gasteiger partial charge in [-0.3, -0.25) is 18.4 Å². The van der Waals surface area contributed by atoms with Crippen LogP contribution in [0.2, 0.25) is 0 Å². The normalized spacial score (nSPS) is 19.4. The number of anilines is 2. The van der Waals surface area contributed by atoms with Crippen molar-refractivity contribution in [2.75, 3.05) is 50.9 Å². The van der Waals surface area contributed by atoms with E-state index < -0.39 is 11.9 Å². The number of aromatic nitrogens is 6. The minimum absolute atomic E-state index is 0.0778. The van der Waals surface area contributed by atoms with E-state index in [9.17, 15) is 9.59 Å². The molecule has 2 atom stereocenters. The second kappa shape index (κ2) is 12.3. The maximum atomic E-state index is 14.0. The number of rotatable bonds is 5. The minimum atomic E-state index is -1.01. The number of morpholine rings is 1. The van der Waals surface area contributed by atoms with E-state index >= 15 is 0 Å². The molecular weight excluding hydrogens is 733 g/mol. The molecule has 0 bridgehead atoms. The van der Waals surface area contributed by atoms with Crippen LogP contribution >= 0.6 is 0 Å². The summed E-state index contributed by atoms with van der Waals surface area (Å²) in [6.45, 7) is 4.03. The lowest BCUT2D eigenvalue weighted by Crippen LogP contribution is -2.64. The van der Waals surface area contributed by atoms with Crippen LogP contribution in [0.3, 0.4) is 0 Å². The molecule has 2 amide bonds. The Hall–Kier alpha value is -6.82. The molecule has 4 N–H and O–H groups in total. The largest absolute Gasteiger partial charge is 0.424 e. The van der Waals surface area contributed by atoms with E-state index in [4.69, 9.17) is 39.5 Å². The molecule has 17 heteroatoms. The molecule has 3 aliphatic rings. The van der Waals surface area contributed by atoms with Crippen LogP contribution in [0, 0.1) is 0 Å². The van der Waals surface area contributed by atoms with Crippen LogP contribution < -0.4 is 11.5 Å². The van der Waals surface area contributed by atoms with Gasteiger partial charge in [-0.15, -0.1) is 0 Å². The number of benzene rings is 2. The summed E-state index contributed by atoms with van der Waals surface area (Å²) in [4.78, 5) is 49.2. The summed E-state index contributed by atoms with van der Waals surface area (Å²) in [6, 6.07) is 17.1. The van der Waals surface area contributed by atoms with E-state index in [-0.39, 0.29) is 49.6 Å². The first kappa shape index (κ1) is 33.5. The van der Waals surface area contributed by atoms with Crippen LogP contribution in [-0.2, 0) is 14.2 Å². The van der Waals surface area contributed by atoms with Crippen molar-refractivity contribution >= 4 is 57.3 Å². The number of oxazole rings is 2. The fourth-order valence-corrected chi connectivity index (χ4v) is 8.12. The first-order valence-electron chi connectivity index (χ1n) is 18.5. The Kier molecular flexibility index (Phi) is 7.26. The third kappa shape index (κ3) is 5.42. The van der Waals surface area contributed by atoms with Crippen molar-refractivity contribution in [3.05, 3.63) is 96.3 Å². The smallest absolute Gasteiger partial charge is 0.292 e. The van der Waals surface area contributed by atoms with Crippen molar-refractivity contribution in [1.82, 2.24) is 38.5 Å². The van der Waals surface area contributed by atoms with Gasteiger partial charge in [0.1, 0.15) is 39.8 Å². The van der Waals surface area contributed by atoms with Gasteiger partial charge in [-0.1, -0.05) is 12.1 Å². The molecule has 17 nitrogen and oxygen atoms in total. The predicted octanol–water partition coefficient (Wildman–Crippen LogP) is 4.56. The Labute approximate surface area is 322 Å². The van der Waals surface area contributed by atoms with E-state index in [1.807, 2.05) is 83.2 Å². The third-order valence-electron chi connectivity index (χ3n) is 11.0. The molecule has 9 heterocycles. The van der Waals surface area contributed by atoms with Crippen molar-refractivity contribution < 1.29 is 32.6 Å². The summed E-state index contributed by atoms with van der Waals surface area (Å²) >= 11 is 0. The molecule has 0 saturated carbocycles. The van der Waals surface area contributed by atoms with Crippen LogP contribution in [0.4, 0.5) is 12.0 Å². The zero-order chi connectivity index (χ0) is 38.6. The quantitative estimate of drug-likeness (QED) is 0.247. The molecule has 8 aromatic rings. The van der Waals surface area contributed by atoms with Gasteiger partial charge in [-0.05, 0) is 71.6 Å². The third-order valence-corrected chi connectivity index (χ3v) is 11.0. The van der Waals surface area contributed by atoms with Gasteiger partial charge in [-0.25, -0.2) is 9.97 Å². The average Bonchev–Trinajstić information content (AvgIpc) is 4.04. The number of ether oxygens (including phenoxy) is 3. The maximum Gasteiger partial charge on any atom is 0.292 e. The molecule has 3 saturated heterocycles.